The number of rotatable bonds is 4. The molecular weight excluding hydrogens is 264 g/mol. The van der Waals surface area contributed by atoms with Crippen LogP contribution in [0.25, 0.3) is 0 Å². The van der Waals surface area contributed by atoms with Crippen LogP contribution >= 0.6 is 0 Å². The van der Waals surface area contributed by atoms with Crippen molar-refractivity contribution >= 4 is 5.91 Å². The summed E-state index contributed by atoms with van der Waals surface area (Å²) < 4.78 is 2.19. The zero-order valence-electron chi connectivity index (χ0n) is 13.6. The largest absolute Gasteiger partial charge is 0.393 e. The van der Waals surface area contributed by atoms with Crippen molar-refractivity contribution in [1.29, 1.82) is 0 Å². The van der Waals surface area contributed by atoms with Crippen LogP contribution in [0.4, 0.5) is 0 Å². The van der Waals surface area contributed by atoms with Crippen LogP contribution < -0.4 is 5.32 Å². The van der Waals surface area contributed by atoms with Crippen LogP contribution in [0.1, 0.15) is 67.3 Å². The molecule has 2 N–H and O–H groups in total. The molecule has 1 aliphatic carbocycles. The van der Waals surface area contributed by atoms with Crippen LogP contribution in [0.3, 0.4) is 0 Å². The monoisotopic (exact) mass is 292 g/mol. The maximum absolute atomic E-state index is 12.4. The number of aliphatic hydroxyl groups is 1. The number of carbonyl (C=O) groups excluding carboxylic acids is 1. The Morgan fingerprint density at radius 3 is 2.71 bits per heavy atom. The van der Waals surface area contributed by atoms with Gasteiger partial charge in [-0.2, -0.15) is 0 Å². The Morgan fingerprint density at radius 1 is 1.43 bits per heavy atom. The third-order valence-corrected chi connectivity index (χ3v) is 4.55. The number of hydrogen-bond donors (Lipinski definition) is 2. The fraction of sp³-hybridized carbons (Fsp3) is 0.706. The van der Waals surface area contributed by atoms with E-state index in [-0.39, 0.29) is 12.0 Å². The maximum Gasteiger partial charge on any atom is 0.253 e. The lowest BCUT2D eigenvalue weighted by atomic mass is 9.87. The summed E-state index contributed by atoms with van der Waals surface area (Å²) in [6, 6.07) is 2.33. The van der Waals surface area contributed by atoms with Gasteiger partial charge in [0.2, 0.25) is 0 Å². The van der Waals surface area contributed by atoms with Crippen molar-refractivity contribution in [3.63, 3.8) is 0 Å². The van der Waals surface area contributed by atoms with Crippen molar-refractivity contribution in [3.8, 4) is 0 Å². The fourth-order valence-electron chi connectivity index (χ4n) is 3.58. The number of aryl methyl sites for hydroxylation is 1. The van der Waals surface area contributed by atoms with Crippen molar-refractivity contribution in [1.82, 2.24) is 9.88 Å². The van der Waals surface area contributed by atoms with E-state index in [1.54, 1.807) is 0 Å². The van der Waals surface area contributed by atoms with E-state index in [1.165, 1.54) is 0 Å². The minimum Gasteiger partial charge on any atom is -0.393 e. The SMILES string of the molecule is Cc1cc(C(=O)NCC2CCCC(O)C2)c(C)n1C(C)C. The second kappa shape index (κ2) is 6.65. The Morgan fingerprint density at radius 2 is 2.14 bits per heavy atom. The van der Waals surface area contributed by atoms with E-state index in [0.29, 0.717) is 18.5 Å². The van der Waals surface area contributed by atoms with Gasteiger partial charge in [0, 0.05) is 24.0 Å². The van der Waals surface area contributed by atoms with E-state index in [2.05, 4.69) is 23.7 Å². The van der Waals surface area contributed by atoms with Crippen LogP contribution in [0.5, 0.6) is 0 Å². The molecule has 0 spiro atoms. The number of nitrogens with zero attached hydrogens (tertiary/aromatic N) is 1. The molecule has 0 radical (unpaired) electrons. The Kier molecular flexibility index (Phi) is 5.09. The van der Waals surface area contributed by atoms with Crippen LogP contribution in [-0.2, 0) is 0 Å². The van der Waals surface area contributed by atoms with E-state index in [1.807, 2.05) is 19.9 Å². The second-order valence-electron chi connectivity index (χ2n) is 6.65. The predicted octanol–water partition coefficient (Wildman–Crippen LogP) is 2.97. The first-order chi connectivity index (χ1) is 9.90. The molecule has 1 aliphatic rings. The number of nitrogens with one attached hydrogen (secondary N) is 1. The number of aliphatic hydroxyl groups excluding tert-OH is 1. The maximum atomic E-state index is 12.4. The molecule has 0 aliphatic heterocycles. The van der Waals surface area contributed by atoms with Crippen molar-refractivity contribution in [2.75, 3.05) is 6.54 Å². The number of amides is 1. The summed E-state index contributed by atoms with van der Waals surface area (Å²) in [5, 5.41) is 12.7. The average molecular weight is 292 g/mol. The summed E-state index contributed by atoms with van der Waals surface area (Å²) in [5.41, 5.74) is 2.93. The molecule has 1 aromatic rings. The van der Waals surface area contributed by atoms with E-state index in [9.17, 15) is 9.90 Å². The van der Waals surface area contributed by atoms with Gasteiger partial charge in [-0.15, -0.1) is 0 Å². The lowest BCUT2D eigenvalue weighted by Crippen LogP contribution is -2.33. The van der Waals surface area contributed by atoms with Gasteiger partial charge in [0.05, 0.1) is 11.7 Å². The van der Waals surface area contributed by atoms with Gasteiger partial charge in [0.25, 0.3) is 5.91 Å². The molecule has 118 valence electrons. The zero-order chi connectivity index (χ0) is 15.6. The lowest BCUT2D eigenvalue weighted by molar-refractivity contribution is 0.0873. The first-order valence-electron chi connectivity index (χ1n) is 8.04. The molecule has 0 saturated heterocycles. The first kappa shape index (κ1) is 16.1. The minimum atomic E-state index is -0.188. The van der Waals surface area contributed by atoms with E-state index in [0.717, 1.165) is 42.6 Å². The molecule has 2 unspecified atom stereocenters. The summed E-state index contributed by atoms with van der Waals surface area (Å²) in [4.78, 5) is 12.4. The quantitative estimate of drug-likeness (QED) is 0.896. The number of aromatic nitrogens is 1. The lowest BCUT2D eigenvalue weighted by Gasteiger charge is -2.25. The smallest absolute Gasteiger partial charge is 0.253 e. The molecular formula is C17H28N2O2. The van der Waals surface area contributed by atoms with Crippen LogP contribution in [0.15, 0.2) is 6.07 Å². The molecule has 2 atom stereocenters. The van der Waals surface area contributed by atoms with Crippen LogP contribution in [-0.4, -0.2) is 28.2 Å². The second-order valence-corrected chi connectivity index (χ2v) is 6.65. The minimum absolute atomic E-state index is 0.00932. The highest BCUT2D eigenvalue weighted by atomic mass is 16.3. The molecule has 0 aromatic carbocycles. The van der Waals surface area contributed by atoms with Gasteiger partial charge in [-0.1, -0.05) is 6.42 Å². The highest BCUT2D eigenvalue weighted by Gasteiger charge is 2.22. The summed E-state index contributed by atoms with van der Waals surface area (Å²) in [6.07, 6.45) is 3.68. The molecule has 1 amide bonds. The Hall–Kier alpha value is -1.29. The van der Waals surface area contributed by atoms with Crippen molar-refractivity contribution < 1.29 is 9.90 Å². The highest BCUT2D eigenvalue weighted by molar-refractivity contribution is 5.95. The van der Waals surface area contributed by atoms with Gasteiger partial charge in [0.1, 0.15) is 0 Å². The summed E-state index contributed by atoms with van der Waals surface area (Å²) in [5.74, 6) is 0.418. The molecule has 2 rings (SSSR count). The highest BCUT2D eigenvalue weighted by Crippen LogP contribution is 2.24. The van der Waals surface area contributed by atoms with Gasteiger partial charge < -0.3 is 15.0 Å². The third-order valence-electron chi connectivity index (χ3n) is 4.55. The van der Waals surface area contributed by atoms with Gasteiger partial charge in [-0.05, 0) is 58.9 Å². The van der Waals surface area contributed by atoms with Crippen LogP contribution in [0.2, 0.25) is 0 Å². The van der Waals surface area contributed by atoms with E-state index >= 15 is 0 Å². The van der Waals surface area contributed by atoms with Crippen molar-refractivity contribution in [2.45, 2.75) is 65.5 Å². The molecule has 4 heteroatoms. The van der Waals surface area contributed by atoms with Gasteiger partial charge in [-0.25, -0.2) is 0 Å². The van der Waals surface area contributed by atoms with E-state index in [4.69, 9.17) is 0 Å². The fourth-order valence-corrected chi connectivity index (χ4v) is 3.58. The van der Waals surface area contributed by atoms with E-state index < -0.39 is 0 Å². The summed E-state index contributed by atoms with van der Waals surface area (Å²) >= 11 is 0. The average Bonchev–Trinajstić information content (AvgIpc) is 2.71. The molecule has 21 heavy (non-hydrogen) atoms. The Bertz CT molecular complexity index is 505. The molecule has 4 nitrogen and oxygen atoms in total. The molecule has 1 heterocycles. The molecule has 1 aromatic heterocycles. The Balaban J connectivity index is 1.99. The topological polar surface area (TPSA) is 54.3 Å². The van der Waals surface area contributed by atoms with Crippen molar-refractivity contribution in [3.05, 3.63) is 23.0 Å². The predicted molar refractivity (Wildman–Crippen MR) is 84.6 cm³/mol. The zero-order valence-corrected chi connectivity index (χ0v) is 13.6. The molecule has 0 bridgehead atoms. The van der Waals surface area contributed by atoms with Crippen molar-refractivity contribution in [2.24, 2.45) is 5.92 Å². The Labute approximate surface area is 127 Å². The standard InChI is InChI=1S/C17H28N2O2/c1-11(2)19-12(3)8-16(13(19)4)17(21)18-10-14-6-5-7-15(20)9-14/h8,11,14-15,20H,5-7,9-10H2,1-4H3,(H,18,21). The van der Waals surface area contributed by atoms with Gasteiger partial charge in [-0.3, -0.25) is 4.79 Å². The summed E-state index contributed by atoms with van der Waals surface area (Å²) in [6.45, 7) is 8.98. The number of hydrogen-bond acceptors (Lipinski definition) is 2. The van der Waals surface area contributed by atoms with Gasteiger partial charge >= 0.3 is 0 Å². The number of carbonyl (C=O) groups is 1. The third kappa shape index (κ3) is 3.67. The first-order valence-corrected chi connectivity index (χ1v) is 8.04. The van der Waals surface area contributed by atoms with Crippen LogP contribution in [0, 0.1) is 19.8 Å². The molecule has 1 saturated carbocycles. The van der Waals surface area contributed by atoms with Gasteiger partial charge in [0.15, 0.2) is 0 Å². The normalized spacial score (nSPS) is 22.6. The summed E-state index contributed by atoms with van der Waals surface area (Å²) in [7, 11) is 0. The molecule has 1 fully saturated rings.